The van der Waals surface area contributed by atoms with Gasteiger partial charge >= 0.3 is 0 Å². The fourth-order valence-corrected chi connectivity index (χ4v) is 2.36. The minimum Gasteiger partial charge on any atom is -0.323 e. The number of likely N-dealkylation sites (N-methyl/N-ethyl adjacent to an activating group) is 1. The van der Waals surface area contributed by atoms with Gasteiger partial charge in [-0.1, -0.05) is 6.92 Å². The molecule has 3 unspecified atom stereocenters. The van der Waals surface area contributed by atoms with Gasteiger partial charge in [0.1, 0.15) is 11.6 Å². The molecule has 2 nitrogen and oxygen atoms in total. The molecule has 0 saturated heterocycles. The standard InChI is InChI=1S/C14H20F2N2/c1-9-5-10(9)7-18(2)8-14(17)12-6-11(15)3-4-13(12)16/h3-4,6,9-10,14H,5,7-8,17H2,1-2H3. The second-order valence-electron chi connectivity index (χ2n) is 5.47. The van der Waals surface area contributed by atoms with Crippen molar-refractivity contribution >= 4 is 0 Å². The number of halogens is 2. The quantitative estimate of drug-likeness (QED) is 0.875. The van der Waals surface area contributed by atoms with E-state index in [9.17, 15) is 8.78 Å². The lowest BCUT2D eigenvalue weighted by molar-refractivity contribution is 0.293. The van der Waals surface area contributed by atoms with E-state index in [1.165, 1.54) is 12.5 Å². The van der Waals surface area contributed by atoms with Gasteiger partial charge in [0.25, 0.3) is 0 Å². The molecule has 0 amide bonds. The van der Waals surface area contributed by atoms with E-state index >= 15 is 0 Å². The molecular weight excluding hydrogens is 234 g/mol. The predicted molar refractivity (Wildman–Crippen MR) is 68.1 cm³/mol. The van der Waals surface area contributed by atoms with Crippen molar-refractivity contribution in [1.82, 2.24) is 4.90 Å². The van der Waals surface area contributed by atoms with E-state index in [4.69, 9.17) is 5.73 Å². The van der Waals surface area contributed by atoms with Crippen molar-refractivity contribution in [3.8, 4) is 0 Å². The molecule has 4 heteroatoms. The number of nitrogens with zero attached hydrogens (tertiary/aromatic N) is 1. The van der Waals surface area contributed by atoms with E-state index in [0.29, 0.717) is 6.54 Å². The summed E-state index contributed by atoms with van der Waals surface area (Å²) < 4.78 is 26.6. The maximum atomic E-state index is 13.5. The van der Waals surface area contributed by atoms with E-state index in [2.05, 4.69) is 11.8 Å². The second-order valence-corrected chi connectivity index (χ2v) is 5.47. The molecular formula is C14H20F2N2. The highest BCUT2D eigenvalue weighted by atomic mass is 19.1. The van der Waals surface area contributed by atoms with Crippen molar-refractivity contribution in [1.29, 1.82) is 0 Å². The van der Waals surface area contributed by atoms with Crippen molar-refractivity contribution in [2.75, 3.05) is 20.1 Å². The number of hydrogen-bond donors (Lipinski definition) is 1. The monoisotopic (exact) mass is 254 g/mol. The molecule has 0 heterocycles. The van der Waals surface area contributed by atoms with E-state index in [1.54, 1.807) is 0 Å². The molecule has 0 radical (unpaired) electrons. The second kappa shape index (κ2) is 5.33. The number of rotatable bonds is 5. The Morgan fingerprint density at radius 2 is 2.11 bits per heavy atom. The van der Waals surface area contributed by atoms with E-state index in [0.717, 1.165) is 30.5 Å². The third kappa shape index (κ3) is 3.27. The summed E-state index contributed by atoms with van der Waals surface area (Å²) in [5.41, 5.74) is 6.20. The van der Waals surface area contributed by atoms with Gasteiger partial charge in [-0.3, -0.25) is 0 Å². The van der Waals surface area contributed by atoms with Crippen LogP contribution in [-0.2, 0) is 0 Å². The highest BCUT2D eigenvalue weighted by Gasteiger charge is 2.33. The highest BCUT2D eigenvalue weighted by Crippen LogP contribution is 2.38. The van der Waals surface area contributed by atoms with Crippen molar-refractivity contribution in [2.24, 2.45) is 17.6 Å². The summed E-state index contributed by atoms with van der Waals surface area (Å²) in [6.45, 7) is 3.75. The third-order valence-corrected chi connectivity index (χ3v) is 3.69. The van der Waals surface area contributed by atoms with Crippen molar-refractivity contribution in [3.63, 3.8) is 0 Å². The Balaban J connectivity index is 1.93. The summed E-state index contributed by atoms with van der Waals surface area (Å²) in [6.07, 6.45) is 1.26. The minimum absolute atomic E-state index is 0.255. The molecule has 0 aromatic heterocycles. The van der Waals surface area contributed by atoms with Gasteiger partial charge in [-0.25, -0.2) is 8.78 Å². The van der Waals surface area contributed by atoms with Crippen LogP contribution in [0.5, 0.6) is 0 Å². The zero-order valence-electron chi connectivity index (χ0n) is 10.9. The van der Waals surface area contributed by atoms with Gasteiger partial charge in [0, 0.05) is 24.7 Å². The Morgan fingerprint density at radius 3 is 2.72 bits per heavy atom. The lowest BCUT2D eigenvalue weighted by Crippen LogP contribution is -2.31. The molecule has 2 N–H and O–H groups in total. The SMILES string of the molecule is CC1CC1CN(C)CC(N)c1cc(F)ccc1F. The summed E-state index contributed by atoms with van der Waals surface area (Å²) in [6, 6.07) is 2.95. The average molecular weight is 254 g/mol. The molecule has 1 aromatic rings. The van der Waals surface area contributed by atoms with Crippen LogP contribution in [0, 0.1) is 23.5 Å². The van der Waals surface area contributed by atoms with E-state index in [-0.39, 0.29) is 5.56 Å². The lowest BCUT2D eigenvalue weighted by atomic mass is 10.1. The first-order valence-corrected chi connectivity index (χ1v) is 6.36. The van der Waals surface area contributed by atoms with Crippen molar-refractivity contribution in [3.05, 3.63) is 35.4 Å². The summed E-state index contributed by atoms with van der Waals surface area (Å²) in [4.78, 5) is 2.10. The largest absolute Gasteiger partial charge is 0.323 e. The molecule has 0 bridgehead atoms. The van der Waals surface area contributed by atoms with Crippen molar-refractivity contribution < 1.29 is 8.78 Å². The van der Waals surface area contributed by atoms with Crippen LogP contribution in [0.2, 0.25) is 0 Å². The minimum atomic E-state index is -0.486. The summed E-state index contributed by atoms with van der Waals surface area (Å²) in [7, 11) is 1.97. The van der Waals surface area contributed by atoms with E-state index in [1.807, 2.05) is 7.05 Å². The van der Waals surface area contributed by atoms with Crippen LogP contribution < -0.4 is 5.73 Å². The topological polar surface area (TPSA) is 29.3 Å². The first-order chi connectivity index (χ1) is 8.47. The van der Waals surface area contributed by atoms with Crippen LogP contribution in [0.15, 0.2) is 18.2 Å². The zero-order valence-corrected chi connectivity index (χ0v) is 10.9. The summed E-state index contributed by atoms with van der Waals surface area (Å²) in [5.74, 6) is 0.645. The van der Waals surface area contributed by atoms with Gasteiger partial charge in [0.15, 0.2) is 0 Å². The van der Waals surface area contributed by atoms with Crippen LogP contribution >= 0.6 is 0 Å². The molecule has 18 heavy (non-hydrogen) atoms. The van der Waals surface area contributed by atoms with Gasteiger partial charge in [-0.15, -0.1) is 0 Å². The predicted octanol–water partition coefficient (Wildman–Crippen LogP) is 2.55. The summed E-state index contributed by atoms with van der Waals surface area (Å²) >= 11 is 0. The molecule has 0 aliphatic heterocycles. The Morgan fingerprint density at radius 1 is 1.44 bits per heavy atom. The van der Waals surface area contributed by atoms with Crippen LogP contribution in [0.25, 0.3) is 0 Å². The normalized spacial score (nSPS) is 24.3. The van der Waals surface area contributed by atoms with Gasteiger partial charge in [0.2, 0.25) is 0 Å². The molecule has 1 aliphatic carbocycles. The summed E-state index contributed by atoms with van der Waals surface area (Å²) in [5, 5.41) is 0. The van der Waals surface area contributed by atoms with Crippen LogP contribution in [0.1, 0.15) is 24.9 Å². The fraction of sp³-hybridized carbons (Fsp3) is 0.571. The molecule has 1 aromatic carbocycles. The van der Waals surface area contributed by atoms with Crippen LogP contribution in [0.3, 0.4) is 0 Å². The zero-order chi connectivity index (χ0) is 13.3. The van der Waals surface area contributed by atoms with Crippen LogP contribution in [0.4, 0.5) is 8.78 Å². The van der Waals surface area contributed by atoms with Crippen molar-refractivity contribution in [2.45, 2.75) is 19.4 Å². The number of benzene rings is 1. The van der Waals surface area contributed by atoms with Gasteiger partial charge in [0.05, 0.1) is 0 Å². The number of nitrogens with two attached hydrogens (primary N) is 1. The van der Waals surface area contributed by atoms with Gasteiger partial charge in [-0.2, -0.15) is 0 Å². The van der Waals surface area contributed by atoms with Crippen LogP contribution in [-0.4, -0.2) is 25.0 Å². The Hall–Kier alpha value is -1.00. The molecule has 100 valence electrons. The molecule has 3 atom stereocenters. The Bertz CT molecular complexity index is 422. The maximum absolute atomic E-state index is 13.5. The first kappa shape index (κ1) is 13.4. The molecule has 1 aliphatic rings. The number of hydrogen-bond acceptors (Lipinski definition) is 2. The first-order valence-electron chi connectivity index (χ1n) is 6.36. The van der Waals surface area contributed by atoms with Gasteiger partial charge in [-0.05, 0) is 43.5 Å². The molecule has 1 saturated carbocycles. The van der Waals surface area contributed by atoms with E-state index < -0.39 is 17.7 Å². The lowest BCUT2D eigenvalue weighted by Gasteiger charge is -2.22. The third-order valence-electron chi connectivity index (χ3n) is 3.69. The van der Waals surface area contributed by atoms with Gasteiger partial charge < -0.3 is 10.6 Å². The fourth-order valence-electron chi connectivity index (χ4n) is 2.36. The Kier molecular flexibility index (Phi) is 3.97. The smallest absolute Gasteiger partial charge is 0.128 e. The Labute approximate surface area is 107 Å². The molecule has 2 rings (SSSR count). The molecule has 1 fully saturated rings. The molecule has 0 spiro atoms. The highest BCUT2D eigenvalue weighted by molar-refractivity contribution is 5.22. The maximum Gasteiger partial charge on any atom is 0.128 e. The average Bonchev–Trinajstić information content (AvgIpc) is 2.97.